The van der Waals surface area contributed by atoms with Crippen LogP contribution in [0.4, 0.5) is 0 Å². The van der Waals surface area contributed by atoms with Gasteiger partial charge in [-0.25, -0.2) is 0 Å². The number of benzene rings is 1. The summed E-state index contributed by atoms with van der Waals surface area (Å²) >= 11 is 1.18. The highest BCUT2D eigenvalue weighted by atomic mass is 32.2. The van der Waals surface area contributed by atoms with Crippen LogP contribution in [-0.2, 0) is 11.8 Å². The first-order valence-corrected chi connectivity index (χ1v) is 8.70. The Balaban J connectivity index is 1.66. The summed E-state index contributed by atoms with van der Waals surface area (Å²) in [4.78, 5) is 24.1. The highest BCUT2D eigenvalue weighted by Crippen LogP contribution is 2.26. The fourth-order valence-corrected chi connectivity index (χ4v) is 3.09. The normalized spacial score (nSPS) is 10.5. The lowest BCUT2D eigenvalue weighted by atomic mass is 10.3. The van der Waals surface area contributed by atoms with Crippen LogP contribution in [0.15, 0.2) is 54.1 Å². The lowest BCUT2D eigenvalue weighted by Gasteiger charge is -2.10. The summed E-state index contributed by atoms with van der Waals surface area (Å²) in [7, 11) is 3.32. The molecule has 0 saturated heterocycles. The number of carbonyl (C=O) groups is 2. The molecule has 0 saturated carbocycles. The molecule has 2 amide bonds. The molecule has 0 unspecified atom stereocenters. The minimum Gasteiger partial charge on any atom is -0.495 e. The number of carbonyl (C=O) groups excluding carboxylic acids is 2. The van der Waals surface area contributed by atoms with E-state index in [-0.39, 0.29) is 5.75 Å². The molecule has 0 radical (unpaired) electrons. The standard InChI is InChI=1S/C17H17N5O3S/c1-21-9-5-7-13(21)16(24)19-15(23)10-26-17-20-18-11-22(17)12-6-3-4-8-14(12)25-2/h3-9,11H,10H2,1-2H3,(H,19,23,24). The molecule has 134 valence electrons. The fourth-order valence-electron chi connectivity index (χ4n) is 2.37. The van der Waals surface area contributed by atoms with Crippen molar-refractivity contribution in [1.82, 2.24) is 24.6 Å². The number of aromatic nitrogens is 4. The van der Waals surface area contributed by atoms with Gasteiger partial charge < -0.3 is 9.30 Å². The van der Waals surface area contributed by atoms with E-state index in [1.807, 2.05) is 24.3 Å². The van der Waals surface area contributed by atoms with Crippen molar-refractivity contribution < 1.29 is 14.3 Å². The number of amides is 2. The maximum absolute atomic E-state index is 12.1. The smallest absolute Gasteiger partial charge is 0.274 e. The highest BCUT2D eigenvalue weighted by Gasteiger charge is 2.16. The minimum absolute atomic E-state index is 0.0318. The number of methoxy groups -OCH3 is 1. The molecule has 2 heterocycles. The van der Waals surface area contributed by atoms with Gasteiger partial charge in [-0.3, -0.25) is 19.5 Å². The monoisotopic (exact) mass is 371 g/mol. The van der Waals surface area contributed by atoms with E-state index in [1.165, 1.54) is 11.8 Å². The Labute approximate surface area is 154 Å². The van der Waals surface area contributed by atoms with Crippen LogP contribution in [0.1, 0.15) is 10.5 Å². The van der Waals surface area contributed by atoms with Crippen molar-refractivity contribution >= 4 is 23.6 Å². The number of hydrogen-bond donors (Lipinski definition) is 1. The molecule has 0 atom stereocenters. The number of aryl methyl sites for hydroxylation is 1. The summed E-state index contributed by atoms with van der Waals surface area (Å²) in [5.74, 6) is -0.146. The first-order valence-electron chi connectivity index (χ1n) is 7.72. The van der Waals surface area contributed by atoms with E-state index in [0.717, 1.165) is 5.69 Å². The number of nitrogens with zero attached hydrogens (tertiary/aromatic N) is 4. The van der Waals surface area contributed by atoms with Gasteiger partial charge in [0, 0.05) is 13.2 Å². The summed E-state index contributed by atoms with van der Waals surface area (Å²) < 4.78 is 8.72. The molecule has 1 N–H and O–H groups in total. The second-order valence-electron chi connectivity index (χ2n) is 5.33. The van der Waals surface area contributed by atoms with Gasteiger partial charge in [0.1, 0.15) is 17.8 Å². The quantitative estimate of drug-likeness (QED) is 0.663. The van der Waals surface area contributed by atoms with E-state index in [2.05, 4.69) is 15.5 Å². The topological polar surface area (TPSA) is 91.0 Å². The van der Waals surface area contributed by atoms with Gasteiger partial charge in [0.15, 0.2) is 5.16 Å². The van der Waals surface area contributed by atoms with E-state index in [4.69, 9.17) is 4.74 Å². The fraction of sp³-hybridized carbons (Fsp3) is 0.176. The van der Waals surface area contributed by atoms with Crippen LogP contribution in [0.25, 0.3) is 5.69 Å². The first kappa shape index (κ1) is 17.7. The van der Waals surface area contributed by atoms with E-state index < -0.39 is 11.8 Å². The molecule has 3 aromatic rings. The molecule has 2 aromatic heterocycles. The molecule has 3 rings (SSSR count). The number of rotatable bonds is 6. The maximum atomic E-state index is 12.1. The van der Waals surface area contributed by atoms with Crippen molar-refractivity contribution in [3.8, 4) is 11.4 Å². The molecule has 0 aliphatic carbocycles. The molecule has 9 heteroatoms. The van der Waals surface area contributed by atoms with Crippen LogP contribution in [-0.4, -0.2) is 44.0 Å². The Morgan fingerprint density at radius 2 is 2.04 bits per heavy atom. The van der Waals surface area contributed by atoms with Gasteiger partial charge in [-0.1, -0.05) is 23.9 Å². The molecular weight excluding hydrogens is 354 g/mol. The first-order chi connectivity index (χ1) is 12.6. The van der Waals surface area contributed by atoms with E-state index in [9.17, 15) is 9.59 Å². The third kappa shape index (κ3) is 3.77. The Bertz CT molecular complexity index is 934. The van der Waals surface area contributed by atoms with Crippen molar-refractivity contribution in [2.24, 2.45) is 7.05 Å². The lowest BCUT2D eigenvalue weighted by molar-refractivity contribution is -0.117. The van der Waals surface area contributed by atoms with Crippen molar-refractivity contribution in [3.05, 3.63) is 54.6 Å². The Hall–Kier alpha value is -3.07. The summed E-state index contributed by atoms with van der Waals surface area (Å²) in [6, 6.07) is 10.8. The molecule has 0 spiro atoms. The van der Waals surface area contributed by atoms with Crippen molar-refractivity contribution in [3.63, 3.8) is 0 Å². The van der Waals surface area contributed by atoms with Crippen LogP contribution < -0.4 is 10.1 Å². The number of nitrogens with one attached hydrogen (secondary N) is 1. The predicted octanol–water partition coefficient (Wildman–Crippen LogP) is 1.66. The number of para-hydroxylation sites is 2. The SMILES string of the molecule is COc1ccccc1-n1cnnc1SCC(=O)NC(=O)c1cccn1C. The molecule has 0 bridgehead atoms. The summed E-state index contributed by atoms with van der Waals surface area (Å²) in [5.41, 5.74) is 1.18. The largest absolute Gasteiger partial charge is 0.495 e. The van der Waals surface area contributed by atoms with Gasteiger partial charge in [-0.05, 0) is 24.3 Å². The van der Waals surface area contributed by atoms with Crippen LogP contribution in [0, 0.1) is 0 Å². The zero-order valence-corrected chi connectivity index (χ0v) is 15.1. The number of thioether (sulfide) groups is 1. The zero-order valence-electron chi connectivity index (χ0n) is 14.2. The van der Waals surface area contributed by atoms with Crippen molar-refractivity contribution in [2.45, 2.75) is 5.16 Å². The number of hydrogen-bond acceptors (Lipinski definition) is 6. The molecule has 8 nitrogen and oxygen atoms in total. The Morgan fingerprint density at radius 3 is 2.77 bits per heavy atom. The van der Waals surface area contributed by atoms with Gasteiger partial charge in [0.05, 0.1) is 18.6 Å². The molecule has 0 aliphatic heterocycles. The zero-order chi connectivity index (χ0) is 18.5. The second kappa shape index (κ2) is 7.87. The van der Waals surface area contributed by atoms with Crippen LogP contribution in [0.3, 0.4) is 0 Å². The van der Waals surface area contributed by atoms with Crippen LogP contribution in [0.2, 0.25) is 0 Å². The summed E-state index contributed by atoms with van der Waals surface area (Å²) in [6.07, 6.45) is 3.29. The number of imide groups is 1. The minimum atomic E-state index is -0.436. The van der Waals surface area contributed by atoms with Crippen LogP contribution in [0.5, 0.6) is 5.75 Å². The Morgan fingerprint density at radius 1 is 1.23 bits per heavy atom. The molecule has 1 aromatic carbocycles. The molecular formula is C17H17N5O3S. The maximum Gasteiger partial charge on any atom is 0.274 e. The third-order valence-corrected chi connectivity index (χ3v) is 4.57. The van der Waals surface area contributed by atoms with Crippen molar-refractivity contribution in [2.75, 3.05) is 12.9 Å². The Kier molecular flexibility index (Phi) is 5.37. The lowest BCUT2D eigenvalue weighted by Crippen LogP contribution is -2.33. The van der Waals surface area contributed by atoms with Crippen molar-refractivity contribution in [1.29, 1.82) is 0 Å². The van der Waals surface area contributed by atoms with Crippen LogP contribution >= 0.6 is 11.8 Å². The average Bonchev–Trinajstić information content (AvgIpc) is 3.28. The summed E-state index contributed by atoms with van der Waals surface area (Å²) in [6.45, 7) is 0. The molecule has 26 heavy (non-hydrogen) atoms. The van der Waals surface area contributed by atoms with E-state index in [0.29, 0.717) is 16.6 Å². The summed E-state index contributed by atoms with van der Waals surface area (Å²) in [5, 5.41) is 10.8. The highest BCUT2D eigenvalue weighted by molar-refractivity contribution is 7.99. The number of ether oxygens (including phenoxy) is 1. The van der Waals surface area contributed by atoms with Gasteiger partial charge in [-0.2, -0.15) is 0 Å². The van der Waals surface area contributed by atoms with Gasteiger partial charge in [0.2, 0.25) is 5.91 Å². The second-order valence-corrected chi connectivity index (χ2v) is 6.27. The predicted molar refractivity (Wildman–Crippen MR) is 96.5 cm³/mol. The van der Waals surface area contributed by atoms with Gasteiger partial charge in [-0.15, -0.1) is 10.2 Å². The van der Waals surface area contributed by atoms with E-state index >= 15 is 0 Å². The molecule has 0 aliphatic rings. The third-order valence-electron chi connectivity index (χ3n) is 3.62. The van der Waals surface area contributed by atoms with Gasteiger partial charge in [0.25, 0.3) is 5.91 Å². The average molecular weight is 371 g/mol. The van der Waals surface area contributed by atoms with Gasteiger partial charge >= 0.3 is 0 Å². The molecule has 0 fully saturated rings. The van der Waals surface area contributed by atoms with E-state index in [1.54, 1.807) is 47.9 Å².